The molecular formula is C23H20FN3O3. The Hall–Kier alpha value is -3.87. The van der Waals surface area contributed by atoms with Crippen molar-refractivity contribution in [2.75, 3.05) is 19.5 Å². The van der Waals surface area contributed by atoms with Crippen molar-refractivity contribution in [3.05, 3.63) is 77.7 Å². The maximum atomic E-state index is 13.4. The Labute approximate surface area is 172 Å². The van der Waals surface area contributed by atoms with E-state index in [9.17, 15) is 9.18 Å². The Kier molecular flexibility index (Phi) is 5.10. The molecular weight excluding hydrogens is 385 g/mol. The van der Waals surface area contributed by atoms with Gasteiger partial charge >= 0.3 is 0 Å². The highest BCUT2D eigenvalue weighted by Crippen LogP contribution is 2.31. The number of rotatable bonds is 5. The molecule has 6 nitrogen and oxygen atoms in total. The molecule has 0 spiro atoms. The molecule has 0 bridgehead atoms. The van der Waals surface area contributed by atoms with E-state index in [1.165, 1.54) is 26.4 Å². The summed E-state index contributed by atoms with van der Waals surface area (Å²) >= 11 is 0. The summed E-state index contributed by atoms with van der Waals surface area (Å²) in [6.07, 6.45) is 1.84. The first kappa shape index (κ1) is 19.4. The molecule has 0 atom stereocenters. The zero-order valence-electron chi connectivity index (χ0n) is 16.8. The molecule has 0 saturated carbocycles. The molecule has 0 radical (unpaired) electrons. The van der Waals surface area contributed by atoms with Crippen molar-refractivity contribution in [2.24, 2.45) is 0 Å². The number of aryl methyl sites for hydroxylation is 1. The van der Waals surface area contributed by atoms with Crippen molar-refractivity contribution in [1.82, 2.24) is 9.38 Å². The van der Waals surface area contributed by atoms with Gasteiger partial charge in [0.1, 0.15) is 23.0 Å². The predicted molar refractivity (Wildman–Crippen MR) is 113 cm³/mol. The molecule has 30 heavy (non-hydrogen) atoms. The van der Waals surface area contributed by atoms with Gasteiger partial charge in [0.25, 0.3) is 5.91 Å². The fraction of sp³-hybridized carbons (Fsp3) is 0.130. The van der Waals surface area contributed by atoms with Crippen molar-refractivity contribution in [1.29, 1.82) is 0 Å². The van der Waals surface area contributed by atoms with E-state index in [0.717, 1.165) is 5.56 Å². The third-order valence-electron chi connectivity index (χ3n) is 4.78. The van der Waals surface area contributed by atoms with Crippen LogP contribution in [0.3, 0.4) is 0 Å². The van der Waals surface area contributed by atoms with Crippen molar-refractivity contribution in [3.8, 4) is 22.8 Å². The normalized spacial score (nSPS) is 10.8. The highest BCUT2D eigenvalue weighted by atomic mass is 19.1. The zero-order valence-corrected chi connectivity index (χ0v) is 16.8. The Balaban J connectivity index is 1.78. The van der Waals surface area contributed by atoms with Gasteiger partial charge in [-0.2, -0.15) is 0 Å². The molecule has 0 unspecified atom stereocenters. The van der Waals surface area contributed by atoms with Gasteiger partial charge in [-0.05, 0) is 67.1 Å². The first-order chi connectivity index (χ1) is 14.5. The van der Waals surface area contributed by atoms with Crippen LogP contribution in [0.5, 0.6) is 11.5 Å². The summed E-state index contributed by atoms with van der Waals surface area (Å²) in [5.74, 6) is 0.816. The second-order valence-corrected chi connectivity index (χ2v) is 6.77. The number of hydrogen-bond acceptors (Lipinski definition) is 4. The van der Waals surface area contributed by atoms with Gasteiger partial charge in [-0.25, -0.2) is 9.37 Å². The van der Waals surface area contributed by atoms with Crippen LogP contribution in [0.2, 0.25) is 0 Å². The minimum Gasteiger partial charge on any atom is -0.493 e. The standard InChI is InChI=1S/C23H20FN3O3/c1-14-10-11-27-20(12-14)25-21(15-4-7-17(24)8-5-15)22(27)26-23(28)16-6-9-18(29-2)19(13-16)30-3/h4-13H,1-3H3,(H,26,28). The number of nitrogens with one attached hydrogen (secondary N) is 1. The molecule has 1 N–H and O–H groups in total. The number of nitrogens with zero attached hydrogens (tertiary/aromatic N) is 2. The van der Waals surface area contributed by atoms with Gasteiger partial charge in [0.05, 0.1) is 14.2 Å². The van der Waals surface area contributed by atoms with Crippen LogP contribution < -0.4 is 14.8 Å². The average molecular weight is 405 g/mol. The van der Waals surface area contributed by atoms with Crippen molar-refractivity contribution in [2.45, 2.75) is 6.92 Å². The third kappa shape index (κ3) is 3.57. The number of methoxy groups -OCH3 is 2. The summed E-state index contributed by atoms with van der Waals surface area (Å²) in [5.41, 5.74) is 3.36. The van der Waals surface area contributed by atoms with Crippen LogP contribution in [-0.4, -0.2) is 29.5 Å². The molecule has 1 amide bonds. The minimum atomic E-state index is -0.339. The number of benzene rings is 2. The molecule has 7 heteroatoms. The number of carbonyl (C=O) groups excluding carboxylic acids is 1. The van der Waals surface area contributed by atoms with Crippen LogP contribution in [-0.2, 0) is 0 Å². The molecule has 0 fully saturated rings. The first-order valence-corrected chi connectivity index (χ1v) is 9.28. The van der Waals surface area contributed by atoms with Crippen LogP contribution >= 0.6 is 0 Å². The molecule has 4 rings (SSSR count). The lowest BCUT2D eigenvalue weighted by Gasteiger charge is -2.11. The van der Waals surface area contributed by atoms with Gasteiger partial charge in [0, 0.05) is 17.3 Å². The lowest BCUT2D eigenvalue weighted by atomic mass is 10.1. The van der Waals surface area contributed by atoms with Gasteiger partial charge < -0.3 is 14.8 Å². The molecule has 0 aliphatic heterocycles. The molecule has 0 saturated heterocycles. The summed E-state index contributed by atoms with van der Waals surface area (Å²) in [7, 11) is 3.05. The number of pyridine rings is 1. The smallest absolute Gasteiger partial charge is 0.256 e. The highest BCUT2D eigenvalue weighted by molar-refractivity contribution is 6.06. The Morgan fingerprint density at radius 2 is 1.73 bits per heavy atom. The van der Waals surface area contributed by atoms with Gasteiger partial charge in [-0.3, -0.25) is 9.20 Å². The summed E-state index contributed by atoms with van der Waals surface area (Å²) in [4.78, 5) is 17.7. The van der Waals surface area contributed by atoms with Crippen LogP contribution in [0.15, 0.2) is 60.8 Å². The lowest BCUT2D eigenvalue weighted by molar-refractivity contribution is 0.102. The summed E-state index contributed by atoms with van der Waals surface area (Å²) in [6.45, 7) is 1.97. The van der Waals surface area contributed by atoms with E-state index in [1.54, 1.807) is 34.7 Å². The van der Waals surface area contributed by atoms with Crippen molar-refractivity contribution in [3.63, 3.8) is 0 Å². The molecule has 4 aromatic rings. The Bertz CT molecular complexity index is 1230. The largest absolute Gasteiger partial charge is 0.493 e. The SMILES string of the molecule is COc1ccc(C(=O)Nc2c(-c3ccc(F)cc3)nc3cc(C)ccn23)cc1OC. The van der Waals surface area contributed by atoms with E-state index < -0.39 is 0 Å². The topological polar surface area (TPSA) is 64.9 Å². The minimum absolute atomic E-state index is 0.332. The van der Waals surface area contributed by atoms with E-state index in [4.69, 9.17) is 9.47 Å². The van der Waals surface area contributed by atoms with Gasteiger partial charge in [-0.1, -0.05) is 0 Å². The van der Waals surface area contributed by atoms with Gasteiger partial charge in [0.15, 0.2) is 11.5 Å². The number of amides is 1. The van der Waals surface area contributed by atoms with Crippen molar-refractivity contribution < 1.29 is 18.7 Å². The second kappa shape index (κ2) is 7.87. The molecule has 2 aromatic carbocycles. The zero-order chi connectivity index (χ0) is 21.3. The van der Waals surface area contributed by atoms with E-state index in [1.807, 2.05) is 25.3 Å². The molecule has 0 aliphatic carbocycles. The number of carbonyl (C=O) groups is 1. The van der Waals surface area contributed by atoms with Crippen LogP contribution in [0.4, 0.5) is 10.2 Å². The average Bonchev–Trinajstić information content (AvgIpc) is 3.10. The fourth-order valence-corrected chi connectivity index (χ4v) is 3.23. The molecule has 0 aliphatic rings. The Morgan fingerprint density at radius 1 is 1.00 bits per heavy atom. The molecule has 2 heterocycles. The number of hydrogen-bond donors (Lipinski definition) is 1. The highest BCUT2D eigenvalue weighted by Gasteiger charge is 2.18. The quantitative estimate of drug-likeness (QED) is 0.522. The number of imidazole rings is 1. The maximum Gasteiger partial charge on any atom is 0.256 e. The van der Waals surface area contributed by atoms with Gasteiger partial charge in [-0.15, -0.1) is 0 Å². The van der Waals surface area contributed by atoms with E-state index in [0.29, 0.717) is 39.8 Å². The summed E-state index contributed by atoms with van der Waals surface area (Å²) in [6, 6.07) is 14.8. The Morgan fingerprint density at radius 3 is 2.43 bits per heavy atom. The van der Waals surface area contributed by atoms with E-state index in [-0.39, 0.29) is 11.7 Å². The first-order valence-electron chi connectivity index (χ1n) is 9.28. The fourth-order valence-electron chi connectivity index (χ4n) is 3.23. The maximum absolute atomic E-state index is 13.4. The second-order valence-electron chi connectivity index (χ2n) is 6.77. The van der Waals surface area contributed by atoms with Crippen LogP contribution in [0.1, 0.15) is 15.9 Å². The van der Waals surface area contributed by atoms with E-state index >= 15 is 0 Å². The van der Waals surface area contributed by atoms with Crippen LogP contribution in [0, 0.1) is 12.7 Å². The molecule has 2 aromatic heterocycles. The monoisotopic (exact) mass is 405 g/mol. The number of fused-ring (bicyclic) bond motifs is 1. The van der Waals surface area contributed by atoms with E-state index in [2.05, 4.69) is 10.3 Å². The van der Waals surface area contributed by atoms with Crippen LogP contribution in [0.25, 0.3) is 16.9 Å². The number of anilines is 1. The number of aromatic nitrogens is 2. The van der Waals surface area contributed by atoms with Crippen molar-refractivity contribution >= 4 is 17.4 Å². The lowest BCUT2D eigenvalue weighted by Crippen LogP contribution is -2.14. The number of ether oxygens (including phenoxy) is 2. The number of halogens is 1. The summed E-state index contributed by atoms with van der Waals surface area (Å²) in [5, 5.41) is 2.94. The third-order valence-corrected chi connectivity index (χ3v) is 4.78. The molecule has 152 valence electrons. The van der Waals surface area contributed by atoms with Gasteiger partial charge in [0.2, 0.25) is 0 Å². The predicted octanol–water partition coefficient (Wildman–Crippen LogP) is 4.72. The summed E-state index contributed by atoms with van der Waals surface area (Å²) < 4.78 is 25.7.